The van der Waals surface area contributed by atoms with E-state index in [1.165, 1.54) is 48.5 Å². The number of amides is 3. The lowest BCUT2D eigenvalue weighted by molar-refractivity contribution is -0.140. The maximum Gasteiger partial charge on any atom is 0.406 e. The molecule has 4 rings (SSSR count). The maximum absolute atomic E-state index is 13.4. The smallest absolute Gasteiger partial charge is 0.352 e. The number of carbonyl (C=O) groups is 3. The number of carbonyl (C=O) groups excluding carboxylic acids is 3. The second kappa shape index (κ2) is 12.0. The molecule has 0 unspecified atom stereocenters. The quantitative estimate of drug-likeness (QED) is 0.198. The normalized spacial score (nSPS) is 11.5. The minimum atomic E-state index is -4.62. The Bertz CT molecular complexity index is 1620. The summed E-state index contributed by atoms with van der Waals surface area (Å²) in [6.45, 7) is 2.27. The molecule has 1 aromatic heterocycles. The third-order valence-electron chi connectivity index (χ3n) is 6.10. The molecule has 7 nitrogen and oxygen atoms in total. The monoisotopic (exact) mass is 588 g/mol. The van der Waals surface area contributed by atoms with Crippen LogP contribution >= 0.6 is 11.6 Å². The summed E-state index contributed by atoms with van der Waals surface area (Å²) in [7, 11) is 0. The van der Waals surface area contributed by atoms with E-state index in [9.17, 15) is 31.9 Å². The van der Waals surface area contributed by atoms with Crippen molar-refractivity contribution in [2.75, 3.05) is 10.6 Å². The molecule has 0 fully saturated rings. The molecule has 0 saturated carbocycles. The lowest BCUT2D eigenvalue weighted by Gasteiger charge is -2.14. The first-order valence-corrected chi connectivity index (χ1v) is 12.8. The summed E-state index contributed by atoms with van der Waals surface area (Å²) >= 11 is 6.24. The van der Waals surface area contributed by atoms with Gasteiger partial charge in [-0.1, -0.05) is 31.5 Å². The van der Waals surface area contributed by atoms with Crippen LogP contribution in [0.4, 0.5) is 28.9 Å². The van der Waals surface area contributed by atoms with Crippen molar-refractivity contribution in [3.8, 4) is 0 Å². The minimum absolute atomic E-state index is 0.116. The first-order chi connectivity index (χ1) is 19.3. The molecule has 0 aliphatic rings. The molecular formula is C29H25ClF4N4O3. The molecule has 3 aromatic carbocycles. The first-order valence-electron chi connectivity index (χ1n) is 12.4. The van der Waals surface area contributed by atoms with Crippen LogP contribution in [0.5, 0.6) is 0 Å². The number of halogens is 5. The van der Waals surface area contributed by atoms with Crippen LogP contribution in [0.25, 0.3) is 10.9 Å². The van der Waals surface area contributed by atoms with Gasteiger partial charge < -0.3 is 20.5 Å². The van der Waals surface area contributed by atoms with Gasteiger partial charge in [0.1, 0.15) is 18.1 Å². The number of hydrogen-bond donors (Lipinski definition) is 3. The summed E-state index contributed by atoms with van der Waals surface area (Å²) in [5.41, 5.74) is 1.08. The number of fused-ring (bicyclic) bond motifs is 1. The van der Waals surface area contributed by atoms with Crippen molar-refractivity contribution in [3.05, 3.63) is 94.4 Å². The number of nitrogens with one attached hydrogen (secondary N) is 3. The molecule has 3 amide bonds. The van der Waals surface area contributed by atoms with Crippen molar-refractivity contribution in [1.29, 1.82) is 0 Å². The van der Waals surface area contributed by atoms with Crippen LogP contribution in [0, 0.1) is 11.7 Å². The van der Waals surface area contributed by atoms with E-state index in [0.717, 1.165) is 16.7 Å². The Morgan fingerprint density at radius 1 is 0.878 bits per heavy atom. The third kappa shape index (κ3) is 7.43. The Labute approximate surface area is 237 Å². The van der Waals surface area contributed by atoms with E-state index in [2.05, 4.69) is 16.0 Å². The molecule has 41 heavy (non-hydrogen) atoms. The zero-order chi connectivity index (χ0) is 29.9. The van der Waals surface area contributed by atoms with Crippen LogP contribution < -0.4 is 16.0 Å². The molecule has 0 saturated heterocycles. The van der Waals surface area contributed by atoms with Gasteiger partial charge in [-0.05, 0) is 66.2 Å². The highest BCUT2D eigenvalue weighted by Gasteiger charge is 2.31. The summed E-state index contributed by atoms with van der Waals surface area (Å²) in [5.74, 6) is -2.29. The first kappa shape index (κ1) is 29.6. The van der Waals surface area contributed by atoms with Crippen molar-refractivity contribution < 1.29 is 31.9 Å². The van der Waals surface area contributed by atoms with Crippen LogP contribution in [0.1, 0.15) is 40.3 Å². The van der Waals surface area contributed by atoms with Crippen molar-refractivity contribution in [1.82, 2.24) is 9.88 Å². The summed E-state index contributed by atoms with van der Waals surface area (Å²) in [6.07, 6.45) is -4.62. The Balaban J connectivity index is 1.60. The topological polar surface area (TPSA) is 92.2 Å². The van der Waals surface area contributed by atoms with Gasteiger partial charge in [-0.15, -0.1) is 0 Å². The highest BCUT2D eigenvalue weighted by atomic mass is 35.5. The second-order valence-electron chi connectivity index (χ2n) is 9.61. The number of nitrogens with zero attached hydrogens (tertiary/aromatic N) is 1. The fourth-order valence-electron chi connectivity index (χ4n) is 4.06. The Kier molecular flexibility index (Phi) is 8.67. The van der Waals surface area contributed by atoms with Gasteiger partial charge in [0.15, 0.2) is 0 Å². The SMILES string of the molecule is CC(C)C(=O)NCc1ccc(Cl)c(C(=O)Nc2ccc3c(c2)cc(C(=O)Nc2ccc(F)cc2)n3CC(F)(F)F)c1. The van der Waals surface area contributed by atoms with Gasteiger partial charge in [0.05, 0.1) is 10.6 Å². The molecule has 0 radical (unpaired) electrons. The highest BCUT2D eigenvalue weighted by molar-refractivity contribution is 6.34. The number of aromatic nitrogens is 1. The van der Waals surface area contributed by atoms with Crippen molar-refractivity contribution in [2.24, 2.45) is 5.92 Å². The van der Waals surface area contributed by atoms with E-state index in [1.54, 1.807) is 19.9 Å². The average Bonchev–Trinajstić information content (AvgIpc) is 3.25. The van der Waals surface area contributed by atoms with Crippen LogP contribution in [-0.4, -0.2) is 28.5 Å². The molecule has 214 valence electrons. The van der Waals surface area contributed by atoms with Crippen molar-refractivity contribution in [2.45, 2.75) is 33.1 Å². The third-order valence-corrected chi connectivity index (χ3v) is 6.43. The van der Waals surface area contributed by atoms with Gasteiger partial charge in [0, 0.05) is 34.7 Å². The van der Waals surface area contributed by atoms with Gasteiger partial charge in [-0.25, -0.2) is 4.39 Å². The largest absolute Gasteiger partial charge is 0.406 e. The molecule has 0 bridgehead atoms. The molecule has 1 heterocycles. The molecular weight excluding hydrogens is 564 g/mol. The van der Waals surface area contributed by atoms with E-state index in [0.29, 0.717) is 5.56 Å². The van der Waals surface area contributed by atoms with Gasteiger partial charge in [0.25, 0.3) is 11.8 Å². The molecule has 3 N–H and O–H groups in total. The number of benzene rings is 3. The molecule has 12 heteroatoms. The fourth-order valence-corrected chi connectivity index (χ4v) is 4.27. The molecule has 4 aromatic rings. The Hall–Kier alpha value is -4.38. The fraction of sp³-hybridized carbons (Fsp3) is 0.207. The number of rotatable bonds is 8. The van der Waals surface area contributed by atoms with Gasteiger partial charge in [-0.2, -0.15) is 13.2 Å². The lowest BCUT2D eigenvalue weighted by Crippen LogP contribution is -2.27. The Morgan fingerprint density at radius 3 is 2.20 bits per heavy atom. The molecule has 0 spiro atoms. The standard InChI is InChI=1S/C29H25ClF4N4O3/c1-16(2)26(39)35-14-17-3-9-23(30)22(11-17)27(40)37-21-8-10-24-18(12-21)13-25(38(24)15-29(32,33)34)28(41)36-20-6-4-19(31)5-7-20/h3-13,16H,14-15H2,1-2H3,(H,35,39)(H,36,41)(H,37,40). The predicted octanol–water partition coefficient (Wildman–Crippen LogP) is 6.77. The van der Waals surface area contributed by atoms with Crippen molar-refractivity contribution >= 4 is 51.6 Å². The van der Waals surface area contributed by atoms with Crippen LogP contribution in [0.2, 0.25) is 5.02 Å². The lowest BCUT2D eigenvalue weighted by atomic mass is 10.1. The van der Waals surface area contributed by atoms with Gasteiger partial charge >= 0.3 is 6.18 Å². The molecule has 0 aliphatic heterocycles. The summed E-state index contributed by atoms with van der Waals surface area (Å²) in [6, 6.07) is 15.0. The minimum Gasteiger partial charge on any atom is -0.352 e. The Morgan fingerprint density at radius 2 is 1.54 bits per heavy atom. The highest BCUT2D eigenvalue weighted by Crippen LogP contribution is 2.29. The second-order valence-corrected chi connectivity index (χ2v) is 10.0. The summed E-state index contributed by atoms with van der Waals surface area (Å²) < 4.78 is 54.3. The number of anilines is 2. The number of hydrogen-bond acceptors (Lipinski definition) is 3. The zero-order valence-electron chi connectivity index (χ0n) is 21.9. The summed E-state index contributed by atoms with van der Waals surface area (Å²) in [4.78, 5) is 37.8. The maximum atomic E-state index is 13.4. The number of alkyl halides is 3. The van der Waals surface area contributed by atoms with Crippen molar-refractivity contribution in [3.63, 3.8) is 0 Å². The van der Waals surface area contributed by atoms with E-state index in [4.69, 9.17) is 11.6 Å². The van der Waals surface area contributed by atoms with Crippen LogP contribution in [-0.2, 0) is 17.9 Å². The molecule has 0 atom stereocenters. The molecule has 0 aliphatic carbocycles. The van der Waals surface area contributed by atoms with E-state index < -0.39 is 30.4 Å². The van der Waals surface area contributed by atoms with Crippen LogP contribution in [0.3, 0.4) is 0 Å². The predicted molar refractivity (Wildman–Crippen MR) is 148 cm³/mol. The zero-order valence-corrected chi connectivity index (χ0v) is 22.7. The van der Waals surface area contributed by atoms with Gasteiger partial charge in [0.2, 0.25) is 5.91 Å². The summed E-state index contributed by atoms with van der Waals surface area (Å²) in [5, 5.41) is 8.34. The van der Waals surface area contributed by atoms with Crippen LogP contribution in [0.15, 0.2) is 66.7 Å². The average molecular weight is 589 g/mol. The van der Waals surface area contributed by atoms with E-state index >= 15 is 0 Å². The van der Waals surface area contributed by atoms with E-state index in [-0.39, 0.29) is 56.9 Å². The van der Waals surface area contributed by atoms with Gasteiger partial charge in [-0.3, -0.25) is 14.4 Å². The van der Waals surface area contributed by atoms with E-state index in [1.807, 2.05) is 0 Å².